The van der Waals surface area contributed by atoms with Crippen LogP contribution in [0.25, 0.3) is 0 Å². The Balaban J connectivity index is 1.89. The fourth-order valence-corrected chi connectivity index (χ4v) is 2.82. The molecule has 1 aromatic rings. The van der Waals surface area contributed by atoms with Gasteiger partial charge in [-0.2, -0.15) is 0 Å². The lowest BCUT2D eigenvalue weighted by molar-refractivity contribution is 0.00879. The van der Waals surface area contributed by atoms with Crippen molar-refractivity contribution in [3.05, 3.63) is 28.2 Å². The molecule has 2 nitrogen and oxygen atoms in total. The maximum Gasteiger partial charge on any atom is 0.0751 e. The van der Waals surface area contributed by atoms with E-state index in [4.69, 9.17) is 10.5 Å². The lowest BCUT2D eigenvalue weighted by Gasteiger charge is -2.26. The monoisotopic (exact) mass is 297 g/mol. The van der Waals surface area contributed by atoms with Crippen molar-refractivity contribution >= 4 is 21.6 Å². The average Bonchev–Trinajstić information content (AvgIpc) is 2.31. The van der Waals surface area contributed by atoms with Crippen LogP contribution in [0.1, 0.15) is 38.2 Å². The number of nitrogens with two attached hydrogens (primary N) is 1. The van der Waals surface area contributed by atoms with Gasteiger partial charge < -0.3 is 10.5 Å². The third-order valence-electron chi connectivity index (χ3n) is 3.58. The van der Waals surface area contributed by atoms with E-state index < -0.39 is 0 Å². The van der Waals surface area contributed by atoms with Crippen LogP contribution in [0.3, 0.4) is 0 Å². The van der Waals surface area contributed by atoms with Crippen LogP contribution in [-0.4, -0.2) is 6.10 Å². The van der Waals surface area contributed by atoms with Crippen LogP contribution in [0.4, 0.5) is 5.69 Å². The summed E-state index contributed by atoms with van der Waals surface area (Å²) in [7, 11) is 0. The lowest BCUT2D eigenvalue weighted by Crippen LogP contribution is -2.20. The quantitative estimate of drug-likeness (QED) is 0.852. The van der Waals surface area contributed by atoms with E-state index in [1.54, 1.807) is 0 Å². The number of rotatable bonds is 3. The molecule has 1 aliphatic rings. The summed E-state index contributed by atoms with van der Waals surface area (Å²) >= 11 is 3.52. The van der Waals surface area contributed by atoms with E-state index in [9.17, 15) is 0 Å². The zero-order valence-corrected chi connectivity index (χ0v) is 11.9. The molecule has 0 spiro atoms. The molecule has 0 unspecified atom stereocenters. The highest BCUT2D eigenvalue weighted by molar-refractivity contribution is 9.10. The SMILES string of the molecule is CC1CCC(OCc2c(N)cccc2Br)CC1. The molecule has 94 valence electrons. The number of benzene rings is 1. The summed E-state index contributed by atoms with van der Waals surface area (Å²) in [6.07, 6.45) is 5.36. The first-order valence-corrected chi connectivity index (χ1v) is 7.10. The van der Waals surface area contributed by atoms with E-state index in [1.807, 2.05) is 18.2 Å². The third-order valence-corrected chi connectivity index (χ3v) is 4.32. The Bertz CT molecular complexity index is 352. The highest BCUT2D eigenvalue weighted by atomic mass is 79.9. The zero-order valence-electron chi connectivity index (χ0n) is 10.3. The molecule has 17 heavy (non-hydrogen) atoms. The molecule has 2 N–H and O–H groups in total. The molecule has 1 fully saturated rings. The Morgan fingerprint density at radius 2 is 2.00 bits per heavy atom. The van der Waals surface area contributed by atoms with Crippen molar-refractivity contribution in [2.24, 2.45) is 5.92 Å². The smallest absolute Gasteiger partial charge is 0.0751 e. The molecule has 0 aromatic heterocycles. The maximum absolute atomic E-state index is 5.97. The molecule has 1 aromatic carbocycles. The highest BCUT2D eigenvalue weighted by Crippen LogP contribution is 2.28. The van der Waals surface area contributed by atoms with Crippen molar-refractivity contribution in [3.8, 4) is 0 Å². The molecule has 0 aliphatic heterocycles. The van der Waals surface area contributed by atoms with Gasteiger partial charge in [-0.05, 0) is 43.7 Å². The number of ether oxygens (including phenoxy) is 1. The molecule has 2 rings (SSSR count). The van der Waals surface area contributed by atoms with E-state index in [-0.39, 0.29) is 0 Å². The van der Waals surface area contributed by atoms with E-state index in [1.165, 1.54) is 25.7 Å². The van der Waals surface area contributed by atoms with Gasteiger partial charge in [0, 0.05) is 15.7 Å². The minimum atomic E-state index is 0.415. The summed E-state index contributed by atoms with van der Waals surface area (Å²) < 4.78 is 7.01. The van der Waals surface area contributed by atoms with Crippen molar-refractivity contribution in [1.82, 2.24) is 0 Å². The van der Waals surface area contributed by atoms with Gasteiger partial charge in [0.25, 0.3) is 0 Å². The molecular weight excluding hydrogens is 278 g/mol. The lowest BCUT2D eigenvalue weighted by atomic mass is 9.89. The summed E-state index contributed by atoms with van der Waals surface area (Å²) in [5.41, 5.74) is 7.83. The number of hydrogen-bond donors (Lipinski definition) is 1. The van der Waals surface area contributed by atoms with E-state index >= 15 is 0 Å². The second-order valence-electron chi connectivity index (χ2n) is 5.00. The Labute approximate surface area is 112 Å². The molecule has 0 amide bonds. The molecule has 3 heteroatoms. The van der Waals surface area contributed by atoms with Crippen molar-refractivity contribution < 1.29 is 4.74 Å². The number of nitrogen functional groups attached to an aromatic ring is 1. The Kier molecular flexibility index (Phi) is 4.46. The highest BCUT2D eigenvalue weighted by Gasteiger charge is 2.19. The van der Waals surface area contributed by atoms with Crippen LogP contribution in [0.5, 0.6) is 0 Å². The first-order valence-electron chi connectivity index (χ1n) is 6.31. The summed E-state index contributed by atoms with van der Waals surface area (Å²) in [5, 5.41) is 0. The number of anilines is 1. The molecule has 1 aliphatic carbocycles. The topological polar surface area (TPSA) is 35.2 Å². The van der Waals surface area contributed by atoms with E-state index in [2.05, 4.69) is 22.9 Å². The number of hydrogen-bond acceptors (Lipinski definition) is 2. The van der Waals surface area contributed by atoms with Gasteiger partial charge in [0.05, 0.1) is 12.7 Å². The van der Waals surface area contributed by atoms with Crippen molar-refractivity contribution in [3.63, 3.8) is 0 Å². The van der Waals surface area contributed by atoms with Gasteiger partial charge in [0.2, 0.25) is 0 Å². The summed E-state index contributed by atoms with van der Waals surface area (Å²) in [6.45, 7) is 2.94. The van der Waals surface area contributed by atoms with Gasteiger partial charge in [-0.3, -0.25) is 0 Å². The minimum Gasteiger partial charge on any atom is -0.398 e. The number of halogens is 1. The second-order valence-corrected chi connectivity index (χ2v) is 5.85. The van der Waals surface area contributed by atoms with Gasteiger partial charge in [-0.15, -0.1) is 0 Å². The predicted octanol–water partition coefficient (Wildman–Crippen LogP) is 4.13. The predicted molar refractivity (Wildman–Crippen MR) is 74.8 cm³/mol. The van der Waals surface area contributed by atoms with Gasteiger partial charge >= 0.3 is 0 Å². The fraction of sp³-hybridized carbons (Fsp3) is 0.571. The van der Waals surface area contributed by atoms with Crippen LogP contribution < -0.4 is 5.73 Å². The minimum absolute atomic E-state index is 0.415. The standard InChI is InChI=1S/C14H20BrNO/c1-10-5-7-11(8-6-10)17-9-12-13(15)3-2-4-14(12)16/h2-4,10-11H,5-9,16H2,1H3. The van der Waals surface area contributed by atoms with E-state index in [0.29, 0.717) is 12.7 Å². The fourth-order valence-electron chi connectivity index (χ4n) is 2.32. The Morgan fingerprint density at radius 1 is 1.29 bits per heavy atom. The molecule has 0 bridgehead atoms. The molecule has 0 heterocycles. The van der Waals surface area contributed by atoms with Crippen LogP contribution in [0.15, 0.2) is 22.7 Å². The maximum atomic E-state index is 5.97. The average molecular weight is 298 g/mol. The van der Waals surface area contributed by atoms with E-state index in [0.717, 1.165) is 21.6 Å². The van der Waals surface area contributed by atoms with Crippen LogP contribution in [-0.2, 0) is 11.3 Å². The normalized spacial score (nSPS) is 24.8. The summed E-state index contributed by atoms with van der Waals surface area (Å²) in [6, 6.07) is 5.88. The zero-order chi connectivity index (χ0) is 12.3. The van der Waals surface area contributed by atoms with Gasteiger partial charge in [-0.25, -0.2) is 0 Å². The molecule has 0 radical (unpaired) electrons. The van der Waals surface area contributed by atoms with Crippen molar-refractivity contribution in [2.45, 2.75) is 45.3 Å². The van der Waals surface area contributed by atoms with Crippen LogP contribution in [0.2, 0.25) is 0 Å². The molecule has 1 saturated carbocycles. The summed E-state index contributed by atoms with van der Waals surface area (Å²) in [4.78, 5) is 0. The second kappa shape index (κ2) is 5.87. The molecule has 0 atom stereocenters. The first kappa shape index (κ1) is 12.9. The third kappa shape index (κ3) is 3.46. The summed E-state index contributed by atoms with van der Waals surface area (Å²) in [5.74, 6) is 0.864. The van der Waals surface area contributed by atoms with Crippen LogP contribution in [0, 0.1) is 5.92 Å². The first-order chi connectivity index (χ1) is 8.16. The van der Waals surface area contributed by atoms with Gasteiger partial charge in [-0.1, -0.05) is 28.9 Å². The molecular formula is C14H20BrNO. The largest absolute Gasteiger partial charge is 0.398 e. The molecule has 0 saturated heterocycles. The van der Waals surface area contributed by atoms with Gasteiger partial charge in [0.15, 0.2) is 0 Å². The Morgan fingerprint density at radius 3 is 2.65 bits per heavy atom. The Hall–Kier alpha value is -0.540. The van der Waals surface area contributed by atoms with Crippen molar-refractivity contribution in [2.75, 3.05) is 5.73 Å². The van der Waals surface area contributed by atoms with Crippen molar-refractivity contribution in [1.29, 1.82) is 0 Å². The van der Waals surface area contributed by atoms with Crippen LogP contribution >= 0.6 is 15.9 Å². The van der Waals surface area contributed by atoms with Gasteiger partial charge in [0.1, 0.15) is 0 Å².